The normalized spacial score (nSPS) is 20.7. The molecule has 140 valence electrons. The van der Waals surface area contributed by atoms with Crippen LogP contribution in [0, 0.1) is 0 Å². The Hall–Kier alpha value is -0.700. The maximum atomic E-state index is 11.3. The molecular weight excluding hydrogens is 401 g/mol. The highest BCUT2D eigenvalue weighted by molar-refractivity contribution is 7.90. The van der Waals surface area contributed by atoms with Crippen molar-refractivity contribution in [3.8, 4) is 0 Å². The highest BCUT2D eigenvalue weighted by atomic mass is 35.5. The summed E-state index contributed by atoms with van der Waals surface area (Å²) in [5.74, 6) is 0.356. The average molecular weight is 424 g/mol. The summed E-state index contributed by atoms with van der Waals surface area (Å²) in [6.45, 7) is 2.46. The molecule has 5 nitrogen and oxygen atoms in total. The van der Waals surface area contributed by atoms with Gasteiger partial charge in [-0.05, 0) is 5.56 Å². The van der Waals surface area contributed by atoms with Crippen molar-refractivity contribution >= 4 is 46.0 Å². The van der Waals surface area contributed by atoms with Gasteiger partial charge in [-0.25, -0.2) is 13.4 Å². The van der Waals surface area contributed by atoms with Crippen molar-refractivity contribution in [2.45, 2.75) is 24.3 Å². The lowest BCUT2D eigenvalue weighted by Gasteiger charge is -2.15. The molecule has 1 fully saturated rings. The zero-order valence-corrected chi connectivity index (χ0v) is 17.1. The summed E-state index contributed by atoms with van der Waals surface area (Å²) in [5, 5.41) is 2.60. The molecule has 25 heavy (non-hydrogen) atoms. The van der Waals surface area contributed by atoms with Crippen LogP contribution in [0.2, 0.25) is 0 Å². The second kappa shape index (κ2) is 9.30. The average Bonchev–Trinajstić information content (AvgIpc) is 3.05. The molecule has 0 unspecified atom stereocenters. The highest BCUT2D eigenvalue weighted by Gasteiger charge is 2.31. The van der Waals surface area contributed by atoms with Crippen LogP contribution in [0.4, 0.5) is 0 Å². The smallest absolute Gasteiger partial charge is 0.153 e. The quantitative estimate of drug-likeness (QED) is 0.798. The molecule has 1 aliphatic rings. The SMILES string of the molecule is CS(=O)(=O)Cc1nc(CN2C[C@@H](N)[C@H](c3ccccc3)C2)cs1.Cl.Cl. The summed E-state index contributed by atoms with van der Waals surface area (Å²) in [7, 11) is -3.03. The van der Waals surface area contributed by atoms with Crippen molar-refractivity contribution in [2.24, 2.45) is 5.73 Å². The molecule has 0 spiro atoms. The number of aromatic nitrogens is 1. The Morgan fingerprint density at radius 3 is 2.56 bits per heavy atom. The number of benzene rings is 1. The van der Waals surface area contributed by atoms with E-state index in [2.05, 4.69) is 22.0 Å². The molecule has 0 radical (unpaired) electrons. The molecule has 0 amide bonds. The Balaban J connectivity index is 0.00000156. The van der Waals surface area contributed by atoms with Crippen LogP contribution in [0.3, 0.4) is 0 Å². The number of nitrogens with two attached hydrogens (primary N) is 1. The van der Waals surface area contributed by atoms with E-state index in [4.69, 9.17) is 5.73 Å². The van der Waals surface area contributed by atoms with E-state index in [0.29, 0.717) is 10.9 Å². The minimum absolute atomic E-state index is 0. The lowest BCUT2D eigenvalue weighted by molar-refractivity contribution is 0.320. The number of thiazole rings is 1. The molecule has 9 heteroatoms. The zero-order chi connectivity index (χ0) is 16.4. The molecule has 2 atom stereocenters. The molecule has 2 N–H and O–H groups in total. The highest BCUT2D eigenvalue weighted by Crippen LogP contribution is 2.27. The molecule has 1 aromatic heterocycles. The van der Waals surface area contributed by atoms with Gasteiger partial charge in [0.25, 0.3) is 0 Å². The number of sulfone groups is 1. The van der Waals surface area contributed by atoms with Crippen molar-refractivity contribution in [1.29, 1.82) is 0 Å². The fraction of sp³-hybridized carbons (Fsp3) is 0.438. The van der Waals surface area contributed by atoms with Gasteiger partial charge in [0.1, 0.15) is 10.8 Å². The maximum absolute atomic E-state index is 11.3. The number of halogens is 2. The Morgan fingerprint density at radius 1 is 1.24 bits per heavy atom. The van der Waals surface area contributed by atoms with Gasteiger partial charge in [0, 0.05) is 43.2 Å². The second-order valence-electron chi connectivity index (χ2n) is 6.18. The maximum Gasteiger partial charge on any atom is 0.153 e. The Morgan fingerprint density at radius 2 is 1.92 bits per heavy atom. The third-order valence-corrected chi connectivity index (χ3v) is 5.92. The first kappa shape index (κ1) is 22.3. The van der Waals surface area contributed by atoms with Gasteiger partial charge < -0.3 is 5.73 Å². The van der Waals surface area contributed by atoms with Crippen LogP contribution in [0.25, 0.3) is 0 Å². The summed E-state index contributed by atoms with van der Waals surface area (Å²) < 4.78 is 22.7. The summed E-state index contributed by atoms with van der Waals surface area (Å²) in [5.41, 5.74) is 8.51. The molecule has 0 saturated carbocycles. The fourth-order valence-corrected chi connectivity index (χ4v) is 5.03. The van der Waals surface area contributed by atoms with Crippen LogP contribution in [0.1, 0.15) is 22.2 Å². The van der Waals surface area contributed by atoms with Crippen LogP contribution >= 0.6 is 36.2 Å². The van der Waals surface area contributed by atoms with Crippen molar-refractivity contribution in [3.63, 3.8) is 0 Å². The molecule has 1 aliphatic heterocycles. The minimum Gasteiger partial charge on any atom is -0.326 e. The summed E-state index contributed by atoms with van der Waals surface area (Å²) >= 11 is 1.41. The van der Waals surface area contributed by atoms with E-state index < -0.39 is 9.84 Å². The summed E-state index contributed by atoms with van der Waals surface area (Å²) in [6.07, 6.45) is 1.23. The molecule has 0 bridgehead atoms. The van der Waals surface area contributed by atoms with Crippen LogP contribution in [0.5, 0.6) is 0 Å². The van der Waals surface area contributed by atoms with Gasteiger partial charge in [0.15, 0.2) is 9.84 Å². The van der Waals surface area contributed by atoms with Gasteiger partial charge in [-0.2, -0.15) is 0 Å². The number of rotatable bonds is 5. The van der Waals surface area contributed by atoms with Gasteiger partial charge in [0.2, 0.25) is 0 Å². The second-order valence-corrected chi connectivity index (χ2v) is 9.26. The van der Waals surface area contributed by atoms with E-state index in [1.165, 1.54) is 23.2 Å². The van der Waals surface area contributed by atoms with Crippen LogP contribution < -0.4 is 5.73 Å². The first-order chi connectivity index (χ1) is 10.9. The Bertz CT molecular complexity index is 769. The number of hydrogen-bond acceptors (Lipinski definition) is 6. The zero-order valence-electron chi connectivity index (χ0n) is 13.9. The van der Waals surface area contributed by atoms with Crippen LogP contribution in [0.15, 0.2) is 35.7 Å². The number of nitrogens with zero attached hydrogens (tertiary/aromatic N) is 2. The van der Waals surface area contributed by atoms with E-state index in [-0.39, 0.29) is 36.6 Å². The van der Waals surface area contributed by atoms with Crippen molar-refractivity contribution < 1.29 is 8.42 Å². The first-order valence-electron chi connectivity index (χ1n) is 7.54. The van der Waals surface area contributed by atoms with Gasteiger partial charge in [-0.15, -0.1) is 36.2 Å². The Kier molecular flexibility index (Phi) is 8.31. The van der Waals surface area contributed by atoms with E-state index in [9.17, 15) is 8.42 Å². The van der Waals surface area contributed by atoms with E-state index in [1.807, 2.05) is 23.6 Å². The van der Waals surface area contributed by atoms with Gasteiger partial charge in [-0.1, -0.05) is 30.3 Å². The standard InChI is InChI=1S/C16H21N3O2S2.2ClH/c1-23(20,21)11-16-18-13(10-22-16)7-19-8-14(15(17)9-19)12-5-3-2-4-6-12;;/h2-6,10,14-15H,7-9,11,17H2,1H3;2*1H/t14-,15+;;/m0../s1. The third kappa shape index (κ3) is 6.20. The van der Waals surface area contributed by atoms with Crippen LogP contribution in [-0.2, 0) is 22.1 Å². The van der Waals surface area contributed by atoms with E-state index >= 15 is 0 Å². The monoisotopic (exact) mass is 423 g/mol. The molecule has 0 aliphatic carbocycles. The molecule has 3 rings (SSSR count). The molecule has 2 heterocycles. The number of likely N-dealkylation sites (tertiary alicyclic amines) is 1. The van der Waals surface area contributed by atoms with E-state index in [0.717, 1.165) is 25.3 Å². The van der Waals surface area contributed by atoms with Crippen molar-refractivity contribution in [1.82, 2.24) is 9.88 Å². The Labute approximate surface area is 165 Å². The lowest BCUT2D eigenvalue weighted by Crippen LogP contribution is -2.28. The predicted molar refractivity (Wildman–Crippen MR) is 108 cm³/mol. The lowest BCUT2D eigenvalue weighted by atomic mass is 9.95. The summed E-state index contributed by atoms with van der Waals surface area (Å²) in [4.78, 5) is 6.73. The van der Waals surface area contributed by atoms with Gasteiger partial charge >= 0.3 is 0 Å². The minimum atomic E-state index is -3.03. The topological polar surface area (TPSA) is 76.3 Å². The van der Waals surface area contributed by atoms with Gasteiger partial charge in [0.05, 0.1) is 5.69 Å². The largest absolute Gasteiger partial charge is 0.326 e. The predicted octanol–water partition coefficient (Wildman–Crippen LogP) is 2.46. The first-order valence-corrected chi connectivity index (χ1v) is 10.5. The van der Waals surface area contributed by atoms with Crippen LogP contribution in [-0.4, -0.2) is 43.7 Å². The molecule has 2 aromatic rings. The van der Waals surface area contributed by atoms with Crippen molar-refractivity contribution in [2.75, 3.05) is 19.3 Å². The third-order valence-electron chi connectivity index (χ3n) is 4.04. The molecule has 1 aromatic carbocycles. The number of hydrogen-bond donors (Lipinski definition) is 1. The van der Waals surface area contributed by atoms with Gasteiger partial charge in [-0.3, -0.25) is 4.90 Å². The van der Waals surface area contributed by atoms with Crippen molar-refractivity contribution in [3.05, 3.63) is 52.0 Å². The summed E-state index contributed by atoms with van der Waals surface area (Å²) in [6, 6.07) is 10.5. The van der Waals surface area contributed by atoms with E-state index in [1.54, 1.807) is 0 Å². The molecule has 1 saturated heterocycles. The fourth-order valence-electron chi connectivity index (χ4n) is 3.04. The molecular formula is C16H23Cl2N3O2S2.